The number of fused-ring (bicyclic) bond motifs is 1. The fourth-order valence-electron chi connectivity index (χ4n) is 4.39. The summed E-state index contributed by atoms with van der Waals surface area (Å²) in [5.74, 6) is 0.908. The van der Waals surface area contributed by atoms with Gasteiger partial charge in [-0.05, 0) is 48.5 Å². The highest BCUT2D eigenvalue weighted by atomic mass is 35.5. The van der Waals surface area contributed by atoms with Crippen LogP contribution in [0.15, 0.2) is 71.3 Å². The summed E-state index contributed by atoms with van der Waals surface area (Å²) in [7, 11) is 0. The number of ketones is 1. The number of carbonyl (C=O) groups excluding carboxylic acids is 2. The highest BCUT2D eigenvalue weighted by Crippen LogP contribution is 2.32. The lowest BCUT2D eigenvalue weighted by atomic mass is 10.1. The zero-order chi connectivity index (χ0) is 26.1. The van der Waals surface area contributed by atoms with Crippen LogP contribution < -0.4 is 15.0 Å². The van der Waals surface area contributed by atoms with E-state index in [1.165, 1.54) is 11.3 Å². The number of imidazole rings is 1. The Morgan fingerprint density at radius 2 is 1.87 bits per heavy atom. The number of hydrogen-bond acceptors (Lipinski definition) is 8. The molecule has 6 rings (SSSR count). The number of ether oxygens (including phenoxy) is 1. The van der Waals surface area contributed by atoms with E-state index < -0.39 is 6.09 Å². The predicted molar refractivity (Wildman–Crippen MR) is 146 cm³/mol. The molecule has 0 atom stereocenters. The third kappa shape index (κ3) is 5.13. The number of para-hydroxylation sites is 2. The summed E-state index contributed by atoms with van der Waals surface area (Å²) in [4.78, 5) is 31.8. The molecule has 0 unspecified atom stereocenters. The third-order valence-corrected chi connectivity index (χ3v) is 7.54. The maximum atomic E-state index is 12.8. The van der Waals surface area contributed by atoms with Crippen molar-refractivity contribution in [2.75, 3.05) is 23.3 Å². The second-order valence-corrected chi connectivity index (χ2v) is 10.6. The Hall–Kier alpha value is -4.15. The summed E-state index contributed by atoms with van der Waals surface area (Å²) in [6.07, 6.45) is 0.462. The Bertz CT molecular complexity index is 1610. The molecule has 3 aromatic heterocycles. The van der Waals surface area contributed by atoms with Gasteiger partial charge in [-0.15, -0.1) is 11.3 Å². The first-order valence-electron chi connectivity index (χ1n) is 12.0. The first kappa shape index (κ1) is 24.2. The number of thiophene rings is 1. The Balaban J connectivity index is 1.17. The Labute approximate surface area is 226 Å². The molecule has 5 aromatic rings. The Morgan fingerprint density at radius 1 is 1.08 bits per heavy atom. The number of anilines is 2. The molecule has 38 heavy (non-hydrogen) atoms. The molecule has 4 heterocycles. The smallest absolute Gasteiger partial charge is 0.375 e. The zero-order valence-electron chi connectivity index (χ0n) is 20.1. The number of amides is 1. The fourth-order valence-corrected chi connectivity index (χ4v) is 5.38. The van der Waals surface area contributed by atoms with Crippen molar-refractivity contribution < 1.29 is 18.8 Å². The van der Waals surface area contributed by atoms with Gasteiger partial charge in [0, 0.05) is 43.4 Å². The van der Waals surface area contributed by atoms with Crippen molar-refractivity contribution in [1.82, 2.24) is 14.7 Å². The van der Waals surface area contributed by atoms with Gasteiger partial charge < -0.3 is 14.2 Å². The third-order valence-electron chi connectivity index (χ3n) is 6.30. The molecule has 0 bridgehead atoms. The number of piperidine rings is 1. The van der Waals surface area contributed by atoms with Gasteiger partial charge >= 0.3 is 12.1 Å². The lowest BCUT2D eigenvalue weighted by Gasteiger charge is -2.28. The second-order valence-electron chi connectivity index (χ2n) is 8.84. The van der Waals surface area contributed by atoms with Crippen LogP contribution in [-0.4, -0.2) is 39.7 Å². The van der Waals surface area contributed by atoms with E-state index in [0.29, 0.717) is 65.3 Å². The molecule has 0 aliphatic carbocycles. The average Bonchev–Trinajstić information content (AvgIpc) is 3.65. The summed E-state index contributed by atoms with van der Waals surface area (Å²) >= 11 is 7.45. The quantitative estimate of drug-likeness (QED) is 0.268. The Morgan fingerprint density at radius 3 is 2.63 bits per heavy atom. The molecule has 192 valence electrons. The molecule has 0 saturated carbocycles. The number of Topliss-reactive ketones (excluding diaryl/α,β-unsaturated/α-hetero) is 1. The predicted octanol–water partition coefficient (Wildman–Crippen LogP) is 6.23. The molecule has 9 nitrogen and oxygen atoms in total. The number of carbonyl (C=O) groups is 2. The molecule has 0 spiro atoms. The van der Waals surface area contributed by atoms with E-state index in [-0.39, 0.29) is 6.01 Å². The highest BCUT2D eigenvalue weighted by Gasteiger charge is 2.19. The summed E-state index contributed by atoms with van der Waals surface area (Å²) in [6, 6.07) is 20.6. The second kappa shape index (κ2) is 10.3. The molecule has 0 radical (unpaired) electrons. The van der Waals surface area contributed by atoms with E-state index in [1.54, 1.807) is 10.6 Å². The zero-order valence-corrected chi connectivity index (χ0v) is 21.7. The van der Waals surface area contributed by atoms with Crippen LogP contribution in [0.25, 0.3) is 21.7 Å². The SMILES string of the molecule is O=C1CCN(c2ccc(NC(=O)Oc3nc4ccccc4n3Cc3cc(-c4ccc(Cl)s4)on3)cc2)CC1. The van der Waals surface area contributed by atoms with Gasteiger partial charge in [-0.1, -0.05) is 28.9 Å². The largest absolute Gasteiger partial charge is 0.419 e. The topological polar surface area (TPSA) is 102 Å². The molecule has 11 heteroatoms. The number of benzene rings is 2. The van der Waals surface area contributed by atoms with E-state index >= 15 is 0 Å². The summed E-state index contributed by atoms with van der Waals surface area (Å²) in [6.45, 7) is 1.70. The monoisotopic (exact) mass is 547 g/mol. The number of halogens is 1. The summed E-state index contributed by atoms with van der Waals surface area (Å²) in [5.41, 5.74) is 3.73. The molecule has 1 aliphatic heterocycles. The minimum Gasteiger partial charge on any atom is -0.375 e. The van der Waals surface area contributed by atoms with E-state index in [0.717, 1.165) is 16.1 Å². The van der Waals surface area contributed by atoms with Gasteiger partial charge in [0.2, 0.25) is 0 Å². The number of hydrogen-bond donors (Lipinski definition) is 1. The number of rotatable bonds is 6. The van der Waals surface area contributed by atoms with Gasteiger partial charge in [-0.25, -0.2) is 4.79 Å². The molecule has 1 fully saturated rings. The van der Waals surface area contributed by atoms with E-state index in [1.807, 2.05) is 60.7 Å². The van der Waals surface area contributed by atoms with Crippen LogP contribution >= 0.6 is 22.9 Å². The lowest BCUT2D eigenvalue weighted by molar-refractivity contribution is -0.119. The fraction of sp³-hybridized carbons (Fsp3) is 0.185. The first-order chi connectivity index (χ1) is 18.5. The van der Waals surface area contributed by atoms with Crippen molar-refractivity contribution in [3.63, 3.8) is 0 Å². The van der Waals surface area contributed by atoms with Gasteiger partial charge in [0.1, 0.15) is 11.5 Å². The lowest BCUT2D eigenvalue weighted by Crippen LogP contribution is -2.33. The van der Waals surface area contributed by atoms with Gasteiger partial charge in [-0.3, -0.25) is 14.7 Å². The molecule has 1 aliphatic rings. The van der Waals surface area contributed by atoms with Gasteiger partial charge in [0.25, 0.3) is 0 Å². The van der Waals surface area contributed by atoms with Crippen LogP contribution in [0.2, 0.25) is 4.34 Å². The number of nitrogens with zero attached hydrogens (tertiary/aromatic N) is 4. The van der Waals surface area contributed by atoms with Crippen LogP contribution in [0.3, 0.4) is 0 Å². The average molecular weight is 548 g/mol. The van der Waals surface area contributed by atoms with Crippen molar-refractivity contribution in [1.29, 1.82) is 0 Å². The van der Waals surface area contributed by atoms with Crippen molar-refractivity contribution in [2.24, 2.45) is 0 Å². The maximum absolute atomic E-state index is 12.8. The van der Waals surface area contributed by atoms with Crippen molar-refractivity contribution >= 4 is 57.2 Å². The van der Waals surface area contributed by atoms with Crippen molar-refractivity contribution in [2.45, 2.75) is 19.4 Å². The number of aromatic nitrogens is 3. The molecule has 2 aromatic carbocycles. The van der Waals surface area contributed by atoms with Gasteiger partial charge in [0.15, 0.2) is 5.76 Å². The minimum absolute atomic E-state index is 0.141. The van der Waals surface area contributed by atoms with Gasteiger partial charge in [0.05, 0.1) is 26.8 Å². The van der Waals surface area contributed by atoms with E-state index in [9.17, 15) is 9.59 Å². The van der Waals surface area contributed by atoms with Gasteiger partial charge in [-0.2, -0.15) is 4.98 Å². The van der Waals surface area contributed by atoms with Crippen LogP contribution in [-0.2, 0) is 11.3 Å². The minimum atomic E-state index is -0.660. The van der Waals surface area contributed by atoms with Crippen molar-refractivity contribution in [3.8, 4) is 16.6 Å². The van der Waals surface area contributed by atoms with Crippen LogP contribution in [0.5, 0.6) is 6.01 Å². The highest BCUT2D eigenvalue weighted by molar-refractivity contribution is 7.19. The molecule has 1 amide bonds. The van der Waals surface area contributed by atoms with Crippen LogP contribution in [0, 0.1) is 0 Å². The van der Waals surface area contributed by atoms with E-state index in [4.69, 9.17) is 20.9 Å². The molecular weight excluding hydrogens is 526 g/mol. The summed E-state index contributed by atoms with van der Waals surface area (Å²) < 4.78 is 13.6. The standard InChI is InChI=1S/C27H22ClN5O4S/c28-25-10-9-24(38-25)23-15-18(31-37-23)16-33-22-4-2-1-3-21(22)30-26(33)36-27(35)29-17-5-7-19(8-6-17)32-13-11-20(34)12-14-32/h1-10,15H,11-14,16H2,(H,29,35). The normalized spacial score (nSPS) is 13.7. The maximum Gasteiger partial charge on any atom is 0.419 e. The molecular formula is C27H22ClN5O4S. The molecule has 1 N–H and O–H groups in total. The first-order valence-corrected chi connectivity index (χ1v) is 13.2. The van der Waals surface area contributed by atoms with E-state index in [2.05, 4.69) is 20.4 Å². The Kier molecular flexibility index (Phi) is 6.57. The summed E-state index contributed by atoms with van der Waals surface area (Å²) in [5, 5.41) is 6.94. The van der Waals surface area contributed by atoms with Crippen LogP contribution in [0.1, 0.15) is 18.5 Å². The number of nitrogens with one attached hydrogen (secondary N) is 1. The molecule has 1 saturated heterocycles. The van der Waals surface area contributed by atoms with Crippen LogP contribution in [0.4, 0.5) is 16.2 Å². The van der Waals surface area contributed by atoms with Crippen molar-refractivity contribution in [3.05, 3.63) is 76.8 Å².